The summed E-state index contributed by atoms with van der Waals surface area (Å²) in [7, 11) is 0. The van der Waals surface area contributed by atoms with Crippen LogP contribution in [0.4, 0.5) is 38.0 Å². The highest BCUT2D eigenvalue weighted by Gasteiger charge is 2.37. The van der Waals surface area contributed by atoms with E-state index in [0.29, 0.717) is 28.9 Å². The molecule has 1 unspecified atom stereocenters. The Kier molecular flexibility index (Phi) is 5.40. The lowest BCUT2D eigenvalue weighted by Crippen LogP contribution is -2.15. The number of H-pyrrole nitrogens is 1. The van der Waals surface area contributed by atoms with E-state index in [9.17, 15) is 31.1 Å². The number of imidazole rings is 1. The van der Waals surface area contributed by atoms with Crippen molar-refractivity contribution in [2.45, 2.75) is 32.2 Å². The van der Waals surface area contributed by atoms with Crippen molar-refractivity contribution in [3.05, 3.63) is 53.1 Å². The predicted molar refractivity (Wildman–Crippen MR) is 98.9 cm³/mol. The number of nitrogens with one attached hydrogen (secondary N) is 3. The minimum Gasteiger partial charge on any atom is -0.349 e. The first-order valence-corrected chi connectivity index (χ1v) is 8.67. The van der Waals surface area contributed by atoms with E-state index in [1.165, 1.54) is 13.8 Å². The zero-order valence-electron chi connectivity index (χ0n) is 15.7. The molecule has 0 fully saturated rings. The van der Waals surface area contributed by atoms with Gasteiger partial charge in [0.25, 0.3) is 0 Å². The third-order valence-electron chi connectivity index (χ3n) is 4.29. The molecule has 0 bridgehead atoms. The summed E-state index contributed by atoms with van der Waals surface area (Å²) in [5.74, 6) is -0.196. The summed E-state index contributed by atoms with van der Waals surface area (Å²) in [6.07, 6.45) is -9.86. The minimum atomic E-state index is -4.93. The molecule has 2 aromatic carbocycles. The van der Waals surface area contributed by atoms with Crippen LogP contribution in [0.2, 0.25) is 0 Å². The largest absolute Gasteiger partial charge is 0.416 e. The van der Waals surface area contributed by atoms with Crippen molar-refractivity contribution < 1.29 is 31.1 Å². The third kappa shape index (κ3) is 4.66. The van der Waals surface area contributed by atoms with Gasteiger partial charge in [-0.25, -0.2) is 4.98 Å². The molecular formula is C19H16F6N4O. The van der Waals surface area contributed by atoms with E-state index in [-0.39, 0.29) is 23.5 Å². The Bertz CT molecular complexity index is 1050. The van der Waals surface area contributed by atoms with Gasteiger partial charge in [0.2, 0.25) is 11.9 Å². The Labute approximate surface area is 166 Å². The predicted octanol–water partition coefficient (Wildman–Crippen LogP) is 5.73. The summed E-state index contributed by atoms with van der Waals surface area (Å²) in [5, 5.41) is 5.37. The van der Waals surface area contributed by atoms with Crippen LogP contribution in [0.1, 0.15) is 36.6 Å². The van der Waals surface area contributed by atoms with E-state index in [1.807, 2.05) is 0 Å². The molecule has 0 aliphatic rings. The summed E-state index contributed by atoms with van der Waals surface area (Å²) in [4.78, 5) is 18.4. The second-order valence-corrected chi connectivity index (χ2v) is 6.67. The van der Waals surface area contributed by atoms with Gasteiger partial charge in [-0.2, -0.15) is 26.3 Å². The quantitative estimate of drug-likeness (QED) is 0.463. The topological polar surface area (TPSA) is 69.8 Å². The summed E-state index contributed by atoms with van der Waals surface area (Å²) < 4.78 is 78.4. The van der Waals surface area contributed by atoms with Crippen LogP contribution < -0.4 is 10.6 Å². The number of aromatic nitrogens is 2. The number of nitrogens with zero attached hydrogens (tertiary/aromatic N) is 1. The Hall–Kier alpha value is -3.24. The van der Waals surface area contributed by atoms with Gasteiger partial charge >= 0.3 is 12.4 Å². The monoisotopic (exact) mass is 430 g/mol. The van der Waals surface area contributed by atoms with Crippen LogP contribution in [0.15, 0.2) is 36.4 Å². The number of rotatable bonds is 4. The number of anilines is 2. The highest BCUT2D eigenvalue weighted by molar-refractivity contribution is 5.99. The summed E-state index contributed by atoms with van der Waals surface area (Å²) in [5.41, 5.74) is -1.66. The molecule has 0 aliphatic heterocycles. The van der Waals surface area contributed by atoms with Crippen LogP contribution in [0, 0.1) is 0 Å². The molecule has 11 heteroatoms. The van der Waals surface area contributed by atoms with E-state index in [0.717, 1.165) is 0 Å². The highest BCUT2D eigenvalue weighted by atomic mass is 19.4. The number of aromatic amines is 1. The van der Waals surface area contributed by atoms with Gasteiger partial charge in [0.15, 0.2) is 0 Å². The van der Waals surface area contributed by atoms with Crippen molar-refractivity contribution in [1.29, 1.82) is 0 Å². The lowest BCUT2D eigenvalue weighted by molar-refractivity contribution is -0.143. The number of para-hydroxylation sites is 1. The number of alkyl halides is 6. The average Bonchev–Trinajstić information content (AvgIpc) is 3.03. The minimum absolute atomic E-state index is 0.0805. The number of hydrogen-bond donors (Lipinski definition) is 3. The Morgan fingerprint density at radius 2 is 1.63 bits per heavy atom. The third-order valence-corrected chi connectivity index (χ3v) is 4.29. The zero-order valence-corrected chi connectivity index (χ0v) is 15.7. The maximum atomic E-state index is 13.1. The number of carbonyl (C=O) groups excluding carboxylic acids is 1. The molecular weight excluding hydrogens is 414 g/mol. The smallest absolute Gasteiger partial charge is 0.349 e. The molecule has 0 saturated heterocycles. The number of hydrogen-bond acceptors (Lipinski definition) is 3. The number of fused-ring (bicyclic) bond motifs is 1. The van der Waals surface area contributed by atoms with Crippen molar-refractivity contribution in [2.24, 2.45) is 0 Å². The van der Waals surface area contributed by atoms with Crippen LogP contribution >= 0.6 is 0 Å². The van der Waals surface area contributed by atoms with Crippen molar-refractivity contribution in [2.75, 3.05) is 10.6 Å². The second kappa shape index (κ2) is 7.54. The number of benzene rings is 2. The second-order valence-electron chi connectivity index (χ2n) is 6.67. The van der Waals surface area contributed by atoms with Crippen LogP contribution in [0.25, 0.3) is 11.0 Å². The number of amides is 1. The van der Waals surface area contributed by atoms with Gasteiger partial charge in [0, 0.05) is 6.92 Å². The zero-order chi connectivity index (χ0) is 22.3. The molecule has 1 aromatic heterocycles. The van der Waals surface area contributed by atoms with Crippen LogP contribution in [0.5, 0.6) is 0 Å². The average molecular weight is 430 g/mol. The van der Waals surface area contributed by atoms with Gasteiger partial charge in [-0.15, -0.1) is 0 Å². The van der Waals surface area contributed by atoms with E-state index in [4.69, 9.17) is 0 Å². The van der Waals surface area contributed by atoms with Gasteiger partial charge in [-0.05, 0) is 42.8 Å². The first-order valence-electron chi connectivity index (χ1n) is 8.67. The molecule has 0 spiro atoms. The molecule has 1 amide bonds. The molecule has 160 valence electrons. The van der Waals surface area contributed by atoms with Crippen molar-refractivity contribution in [3.63, 3.8) is 0 Å². The van der Waals surface area contributed by atoms with E-state index in [2.05, 4.69) is 20.6 Å². The Balaban J connectivity index is 1.96. The molecule has 3 rings (SSSR count). The molecule has 5 nitrogen and oxygen atoms in total. The summed E-state index contributed by atoms with van der Waals surface area (Å²) in [6, 6.07) is 5.41. The molecule has 30 heavy (non-hydrogen) atoms. The van der Waals surface area contributed by atoms with E-state index in [1.54, 1.807) is 18.2 Å². The first-order chi connectivity index (χ1) is 13.8. The first kappa shape index (κ1) is 21.5. The SMILES string of the molecule is CC(=O)Nc1cccc2[nH]c(NC(C)c3cc(C(F)(F)F)cc(C(F)(F)F)c3)nc12. The molecule has 1 heterocycles. The lowest BCUT2D eigenvalue weighted by atomic mass is 10.0. The maximum Gasteiger partial charge on any atom is 0.416 e. The van der Waals surface area contributed by atoms with Crippen LogP contribution in [-0.4, -0.2) is 15.9 Å². The Morgan fingerprint density at radius 3 is 2.17 bits per heavy atom. The van der Waals surface area contributed by atoms with Gasteiger partial charge in [-0.3, -0.25) is 4.79 Å². The van der Waals surface area contributed by atoms with E-state index >= 15 is 0 Å². The van der Waals surface area contributed by atoms with Crippen LogP contribution in [-0.2, 0) is 17.1 Å². The molecule has 1 atom stereocenters. The van der Waals surface area contributed by atoms with Crippen molar-refractivity contribution >= 4 is 28.6 Å². The fourth-order valence-electron chi connectivity index (χ4n) is 2.91. The van der Waals surface area contributed by atoms with Crippen molar-refractivity contribution in [1.82, 2.24) is 9.97 Å². The van der Waals surface area contributed by atoms with Gasteiger partial charge in [0.05, 0.1) is 28.4 Å². The van der Waals surface area contributed by atoms with Gasteiger partial charge < -0.3 is 15.6 Å². The highest BCUT2D eigenvalue weighted by Crippen LogP contribution is 2.38. The standard InChI is InChI=1S/C19H16F6N4O/c1-9(11-6-12(18(20,21)22)8-13(7-11)19(23,24)25)26-17-28-15-5-3-4-14(16(15)29-17)27-10(2)30/h3-9H,1-2H3,(H,27,30)(H2,26,28,29). The number of carbonyl (C=O) groups is 1. The lowest BCUT2D eigenvalue weighted by Gasteiger charge is -2.18. The Morgan fingerprint density at radius 1 is 1.03 bits per heavy atom. The summed E-state index contributed by atoms with van der Waals surface area (Å²) in [6.45, 7) is 2.73. The molecule has 0 saturated carbocycles. The van der Waals surface area contributed by atoms with E-state index < -0.39 is 29.5 Å². The number of halogens is 6. The summed E-state index contributed by atoms with van der Waals surface area (Å²) >= 11 is 0. The van der Waals surface area contributed by atoms with Gasteiger partial charge in [0.1, 0.15) is 5.52 Å². The molecule has 0 radical (unpaired) electrons. The fourth-order valence-corrected chi connectivity index (χ4v) is 2.91. The van der Waals surface area contributed by atoms with Crippen LogP contribution in [0.3, 0.4) is 0 Å². The fraction of sp³-hybridized carbons (Fsp3) is 0.263. The van der Waals surface area contributed by atoms with Crippen molar-refractivity contribution in [3.8, 4) is 0 Å². The van der Waals surface area contributed by atoms with Gasteiger partial charge in [-0.1, -0.05) is 6.07 Å². The molecule has 0 aliphatic carbocycles. The molecule has 3 N–H and O–H groups in total. The maximum absolute atomic E-state index is 13.1. The molecule has 3 aromatic rings. The normalized spacial score (nSPS) is 13.3.